The normalized spacial score (nSPS) is 45.3. The zero-order chi connectivity index (χ0) is 14.0. The van der Waals surface area contributed by atoms with Gasteiger partial charge in [0.05, 0.1) is 12.2 Å². The molecule has 1 heterocycles. The zero-order valence-corrected chi connectivity index (χ0v) is 13.1. The van der Waals surface area contributed by atoms with E-state index in [-0.39, 0.29) is 0 Å². The van der Waals surface area contributed by atoms with Crippen molar-refractivity contribution in [2.75, 3.05) is 0 Å². The van der Waals surface area contributed by atoms with E-state index in [1.54, 1.807) is 0 Å². The molecule has 0 aromatic carbocycles. The maximum atomic E-state index is 6.01. The molecule has 0 amide bonds. The van der Waals surface area contributed by atoms with Crippen LogP contribution < -0.4 is 11.3 Å². The first-order valence-corrected chi connectivity index (χ1v) is 8.20. The summed E-state index contributed by atoms with van der Waals surface area (Å²) >= 11 is 0. The van der Waals surface area contributed by atoms with Crippen LogP contribution in [0, 0.1) is 23.7 Å². The second-order valence-corrected chi connectivity index (χ2v) is 6.86. The first-order chi connectivity index (χ1) is 9.08. The Morgan fingerprint density at radius 2 is 1.74 bits per heavy atom. The molecule has 0 aromatic heterocycles. The molecule has 0 aromatic rings. The molecule has 1 saturated heterocycles. The highest BCUT2D eigenvalue weighted by molar-refractivity contribution is 4.95. The first kappa shape index (κ1) is 15.3. The molecular formula is C16H32N2O. The number of hydrogen-bond donors (Lipinski definition) is 2. The number of nitrogens with two attached hydrogens (primary N) is 1. The Kier molecular flexibility index (Phi) is 5.27. The van der Waals surface area contributed by atoms with Gasteiger partial charge in [0.15, 0.2) is 0 Å². The summed E-state index contributed by atoms with van der Waals surface area (Å²) in [6, 6.07) is 0.424. The maximum Gasteiger partial charge on any atom is 0.0597 e. The molecule has 0 radical (unpaired) electrons. The van der Waals surface area contributed by atoms with Crippen molar-refractivity contribution in [1.82, 2.24) is 5.43 Å². The highest BCUT2D eigenvalue weighted by Gasteiger charge is 2.44. The molecule has 3 nitrogen and oxygen atoms in total. The number of nitrogens with one attached hydrogen (secondary N) is 1. The topological polar surface area (TPSA) is 47.3 Å². The van der Waals surface area contributed by atoms with Crippen LogP contribution in [0.3, 0.4) is 0 Å². The second-order valence-electron chi connectivity index (χ2n) is 6.86. The number of ether oxygens (including phenoxy) is 1. The SMILES string of the molecule is CCC1CCC(C(NN)C2C(C)OC(C)C2C)CC1. The Morgan fingerprint density at radius 3 is 2.16 bits per heavy atom. The third-order valence-electron chi connectivity index (χ3n) is 5.90. The van der Waals surface area contributed by atoms with Gasteiger partial charge in [0.25, 0.3) is 0 Å². The lowest BCUT2D eigenvalue weighted by Gasteiger charge is -2.38. The lowest BCUT2D eigenvalue weighted by Crippen LogP contribution is -2.50. The van der Waals surface area contributed by atoms with Crippen LogP contribution in [0.5, 0.6) is 0 Å². The molecule has 3 N–H and O–H groups in total. The van der Waals surface area contributed by atoms with Crippen molar-refractivity contribution in [2.45, 2.75) is 78.0 Å². The Balaban J connectivity index is 2.00. The van der Waals surface area contributed by atoms with Gasteiger partial charge >= 0.3 is 0 Å². The average molecular weight is 268 g/mol. The van der Waals surface area contributed by atoms with Crippen molar-refractivity contribution in [1.29, 1.82) is 0 Å². The zero-order valence-electron chi connectivity index (χ0n) is 13.1. The van der Waals surface area contributed by atoms with Crippen molar-refractivity contribution in [3.8, 4) is 0 Å². The number of rotatable bonds is 4. The minimum atomic E-state index is 0.329. The molecule has 1 aliphatic carbocycles. The third-order valence-corrected chi connectivity index (χ3v) is 5.90. The highest BCUT2D eigenvalue weighted by atomic mass is 16.5. The summed E-state index contributed by atoms with van der Waals surface area (Å²) in [5.41, 5.74) is 3.15. The van der Waals surface area contributed by atoms with E-state index in [1.807, 2.05) is 0 Å². The number of hydrazine groups is 1. The van der Waals surface area contributed by atoms with Crippen LogP contribution in [0.2, 0.25) is 0 Å². The Hall–Kier alpha value is -0.120. The lowest BCUT2D eigenvalue weighted by atomic mass is 9.71. The van der Waals surface area contributed by atoms with Crippen molar-refractivity contribution < 1.29 is 4.74 Å². The van der Waals surface area contributed by atoms with E-state index in [1.165, 1.54) is 32.1 Å². The Labute approximate surface area is 118 Å². The van der Waals surface area contributed by atoms with Gasteiger partial charge in [0.1, 0.15) is 0 Å². The molecule has 1 saturated carbocycles. The summed E-state index contributed by atoms with van der Waals surface area (Å²) in [6.07, 6.45) is 7.45. The van der Waals surface area contributed by atoms with E-state index < -0.39 is 0 Å². The van der Waals surface area contributed by atoms with Gasteiger partial charge in [-0.1, -0.05) is 33.1 Å². The Morgan fingerprint density at radius 1 is 1.11 bits per heavy atom. The van der Waals surface area contributed by atoms with Gasteiger partial charge in [0, 0.05) is 12.0 Å². The average Bonchev–Trinajstić information content (AvgIpc) is 2.67. The maximum absolute atomic E-state index is 6.01. The van der Waals surface area contributed by atoms with Crippen molar-refractivity contribution in [3.05, 3.63) is 0 Å². The minimum Gasteiger partial charge on any atom is -0.375 e. The van der Waals surface area contributed by atoms with Crippen LogP contribution in [0.4, 0.5) is 0 Å². The molecule has 2 rings (SSSR count). The molecule has 3 heteroatoms. The largest absolute Gasteiger partial charge is 0.375 e. The lowest BCUT2D eigenvalue weighted by molar-refractivity contribution is 0.0418. The quantitative estimate of drug-likeness (QED) is 0.608. The van der Waals surface area contributed by atoms with Crippen LogP contribution in [0.15, 0.2) is 0 Å². The van der Waals surface area contributed by atoms with E-state index in [0.717, 1.165) is 11.8 Å². The van der Waals surface area contributed by atoms with Crippen molar-refractivity contribution in [2.24, 2.45) is 29.5 Å². The summed E-state index contributed by atoms with van der Waals surface area (Å²) in [5, 5.41) is 0. The summed E-state index contributed by atoms with van der Waals surface area (Å²) in [6.45, 7) is 9.05. The fourth-order valence-corrected chi connectivity index (χ4v) is 4.43. The molecule has 5 atom stereocenters. The van der Waals surface area contributed by atoms with Gasteiger partial charge in [-0.3, -0.25) is 11.3 Å². The summed E-state index contributed by atoms with van der Waals surface area (Å²) in [4.78, 5) is 0. The smallest absolute Gasteiger partial charge is 0.0597 e. The molecule has 2 aliphatic rings. The summed E-state index contributed by atoms with van der Waals surface area (Å²) in [7, 11) is 0. The fraction of sp³-hybridized carbons (Fsp3) is 1.00. The summed E-state index contributed by atoms with van der Waals surface area (Å²) in [5.74, 6) is 8.75. The highest BCUT2D eigenvalue weighted by Crippen LogP contribution is 2.41. The van der Waals surface area contributed by atoms with Crippen molar-refractivity contribution >= 4 is 0 Å². The van der Waals surface area contributed by atoms with Gasteiger partial charge in [0.2, 0.25) is 0 Å². The fourth-order valence-electron chi connectivity index (χ4n) is 4.43. The van der Waals surface area contributed by atoms with Crippen LogP contribution in [0.1, 0.15) is 59.8 Å². The predicted molar refractivity (Wildman–Crippen MR) is 79.5 cm³/mol. The van der Waals surface area contributed by atoms with Gasteiger partial charge in [-0.05, 0) is 44.4 Å². The van der Waals surface area contributed by atoms with Crippen LogP contribution in [-0.4, -0.2) is 18.2 Å². The molecule has 0 spiro atoms. The molecule has 112 valence electrons. The van der Waals surface area contributed by atoms with Gasteiger partial charge in [-0.2, -0.15) is 0 Å². The summed E-state index contributed by atoms with van der Waals surface area (Å²) < 4.78 is 6.01. The monoisotopic (exact) mass is 268 g/mol. The third kappa shape index (κ3) is 3.14. The van der Waals surface area contributed by atoms with Crippen molar-refractivity contribution in [3.63, 3.8) is 0 Å². The second kappa shape index (κ2) is 6.55. The molecule has 0 bridgehead atoms. The van der Waals surface area contributed by atoms with Gasteiger partial charge < -0.3 is 4.74 Å². The van der Waals surface area contributed by atoms with Crippen LogP contribution >= 0.6 is 0 Å². The van der Waals surface area contributed by atoms with E-state index in [9.17, 15) is 0 Å². The minimum absolute atomic E-state index is 0.329. The van der Waals surface area contributed by atoms with E-state index >= 15 is 0 Å². The standard InChI is InChI=1S/C16H32N2O/c1-5-13-6-8-14(9-7-13)16(18-17)15-10(2)11(3)19-12(15)4/h10-16,18H,5-9,17H2,1-4H3. The van der Waals surface area contributed by atoms with E-state index in [2.05, 4.69) is 33.1 Å². The van der Waals surface area contributed by atoms with Gasteiger partial charge in [-0.25, -0.2) is 0 Å². The molecule has 1 aliphatic heterocycles. The molecule has 19 heavy (non-hydrogen) atoms. The van der Waals surface area contributed by atoms with Gasteiger partial charge in [-0.15, -0.1) is 0 Å². The molecular weight excluding hydrogens is 236 g/mol. The first-order valence-electron chi connectivity index (χ1n) is 8.20. The van der Waals surface area contributed by atoms with Crippen LogP contribution in [0.25, 0.3) is 0 Å². The van der Waals surface area contributed by atoms with E-state index in [0.29, 0.717) is 30.1 Å². The number of hydrogen-bond acceptors (Lipinski definition) is 3. The molecule has 2 fully saturated rings. The predicted octanol–water partition coefficient (Wildman–Crippen LogP) is 3.09. The van der Waals surface area contributed by atoms with Crippen LogP contribution in [-0.2, 0) is 4.74 Å². The van der Waals surface area contributed by atoms with E-state index in [4.69, 9.17) is 10.6 Å². The molecule has 5 unspecified atom stereocenters. The Bertz CT molecular complexity index is 276.